The van der Waals surface area contributed by atoms with Gasteiger partial charge in [0.05, 0.1) is 24.4 Å². The number of amides is 1. The second kappa shape index (κ2) is 7.78. The van der Waals surface area contributed by atoms with E-state index in [9.17, 15) is 9.59 Å². The predicted molar refractivity (Wildman–Crippen MR) is 101 cm³/mol. The first-order chi connectivity index (χ1) is 12.6. The molecule has 6 nitrogen and oxygen atoms in total. The number of ether oxygens (including phenoxy) is 2. The van der Waals surface area contributed by atoms with Crippen LogP contribution in [0.25, 0.3) is 0 Å². The first kappa shape index (κ1) is 18.3. The molecule has 0 spiro atoms. The molecule has 1 unspecified atom stereocenters. The summed E-state index contributed by atoms with van der Waals surface area (Å²) in [6.45, 7) is 5.43. The fraction of sp³-hybridized carbons (Fsp3) is 0.316. The van der Waals surface area contributed by atoms with E-state index in [2.05, 4.69) is 11.6 Å². The van der Waals surface area contributed by atoms with Crippen molar-refractivity contribution in [1.29, 1.82) is 0 Å². The van der Waals surface area contributed by atoms with Crippen molar-refractivity contribution >= 4 is 28.8 Å². The Morgan fingerprint density at radius 1 is 1.50 bits per heavy atom. The van der Waals surface area contributed by atoms with Gasteiger partial charge in [-0.2, -0.15) is 0 Å². The molecule has 0 bridgehead atoms. The topological polar surface area (TPSA) is 68.2 Å². The summed E-state index contributed by atoms with van der Waals surface area (Å²) in [5.41, 5.74) is 1.69. The minimum atomic E-state index is -0.588. The monoisotopic (exact) mass is 372 g/mol. The van der Waals surface area contributed by atoms with E-state index in [1.165, 1.54) is 17.8 Å². The number of nitrogens with zero attached hydrogens (tertiary/aromatic N) is 2. The average Bonchev–Trinajstić information content (AvgIpc) is 2.65. The van der Waals surface area contributed by atoms with Crippen molar-refractivity contribution < 1.29 is 19.1 Å². The molecule has 2 aliphatic rings. The number of rotatable bonds is 5. The second-order valence-corrected chi connectivity index (χ2v) is 6.88. The molecular formula is C19H20N2O4S. The third-order valence-corrected chi connectivity index (χ3v) is 5.12. The summed E-state index contributed by atoms with van der Waals surface area (Å²) in [5.74, 6) is 0.779. The number of benzene rings is 1. The predicted octanol–water partition coefficient (Wildman–Crippen LogP) is 3.07. The number of carbonyl (C=O) groups excluding carboxylic acids is 2. The number of amidine groups is 1. The highest BCUT2D eigenvalue weighted by Gasteiger charge is 2.41. The molecule has 1 aromatic carbocycles. The van der Waals surface area contributed by atoms with E-state index in [0.29, 0.717) is 34.4 Å². The second-order valence-electron chi connectivity index (χ2n) is 5.82. The van der Waals surface area contributed by atoms with Crippen LogP contribution in [0.1, 0.15) is 24.9 Å². The van der Waals surface area contributed by atoms with Crippen LogP contribution in [0.5, 0.6) is 5.75 Å². The van der Waals surface area contributed by atoms with Crippen LogP contribution in [-0.2, 0) is 14.3 Å². The number of aliphatic imine (C=N–C) groups is 1. The van der Waals surface area contributed by atoms with Gasteiger partial charge in [0.2, 0.25) is 5.91 Å². The van der Waals surface area contributed by atoms with Crippen molar-refractivity contribution in [3.05, 3.63) is 53.8 Å². The van der Waals surface area contributed by atoms with E-state index in [4.69, 9.17) is 9.47 Å². The van der Waals surface area contributed by atoms with Crippen LogP contribution >= 0.6 is 11.8 Å². The van der Waals surface area contributed by atoms with E-state index < -0.39 is 12.0 Å². The highest BCUT2D eigenvalue weighted by atomic mass is 32.2. The molecule has 1 atom stereocenters. The zero-order chi connectivity index (χ0) is 18.7. The largest absolute Gasteiger partial charge is 0.497 e. The Labute approximate surface area is 156 Å². The average molecular weight is 372 g/mol. The minimum absolute atomic E-state index is 0.0585. The zero-order valence-corrected chi connectivity index (χ0v) is 15.5. The Bertz CT molecular complexity index is 816. The Morgan fingerprint density at radius 3 is 3.04 bits per heavy atom. The smallest absolute Gasteiger partial charge is 0.338 e. The maximum absolute atomic E-state index is 12.7. The van der Waals surface area contributed by atoms with Gasteiger partial charge < -0.3 is 9.47 Å². The molecule has 3 rings (SSSR count). The van der Waals surface area contributed by atoms with Crippen LogP contribution in [0.15, 0.2) is 53.2 Å². The summed E-state index contributed by atoms with van der Waals surface area (Å²) in [7, 11) is 1.58. The molecule has 1 fully saturated rings. The van der Waals surface area contributed by atoms with E-state index >= 15 is 0 Å². The summed E-state index contributed by atoms with van der Waals surface area (Å²) >= 11 is 1.52. The number of thioether (sulfide) groups is 1. The first-order valence-electron chi connectivity index (χ1n) is 8.23. The van der Waals surface area contributed by atoms with Crippen molar-refractivity contribution in [2.45, 2.75) is 19.4 Å². The van der Waals surface area contributed by atoms with E-state index in [0.717, 1.165) is 5.56 Å². The third kappa shape index (κ3) is 3.39. The van der Waals surface area contributed by atoms with Gasteiger partial charge in [-0.15, -0.1) is 0 Å². The molecule has 136 valence electrons. The van der Waals surface area contributed by atoms with E-state index in [1.54, 1.807) is 18.9 Å². The number of allylic oxidation sites excluding steroid dienone is 1. The van der Waals surface area contributed by atoms with Crippen molar-refractivity contribution in [1.82, 2.24) is 4.90 Å². The van der Waals surface area contributed by atoms with Gasteiger partial charge in [0.15, 0.2) is 5.17 Å². The number of hydrogen-bond acceptors (Lipinski definition) is 6. The highest BCUT2D eigenvalue weighted by Crippen LogP contribution is 2.41. The molecule has 2 aliphatic heterocycles. The molecular weight excluding hydrogens is 352 g/mol. The third-order valence-electron chi connectivity index (χ3n) is 4.17. The maximum Gasteiger partial charge on any atom is 0.338 e. The first-order valence-corrected chi connectivity index (χ1v) is 9.21. The molecule has 26 heavy (non-hydrogen) atoms. The van der Waals surface area contributed by atoms with Crippen LogP contribution in [0.4, 0.5) is 0 Å². The lowest BCUT2D eigenvalue weighted by Crippen LogP contribution is -2.45. The molecule has 1 saturated heterocycles. The van der Waals surface area contributed by atoms with E-state index in [-0.39, 0.29) is 12.5 Å². The Hall–Kier alpha value is -2.54. The molecule has 0 aromatic heterocycles. The van der Waals surface area contributed by atoms with Gasteiger partial charge >= 0.3 is 5.97 Å². The van der Waals surface area contributed by atoms with Gasteiger partial charge in [0.1, 0.15) is 12.4 Å². The fourth-order valence-electron chi connectivity index (χ4n) is 3.00. The van der Waals surface area contributed by atoms with Gasteiger partial charge in [-0.1, -0.05) is 36.5 Å². The number of methoxy groups -OCH3 is 1. The van der Waals surface area contributed by atoms with Crippen LogP contribution in [0.3, 0.4) is 0 Å². The Balaban J connectivity index is 2.12. The molecule has 0 saturated carbocycles. The van der Waals surface area contributed by atoms with Crippen molar-refractivity contribution in [3.8, 4) is 5.75 Å². The summed E-state index contributed by atoms with van der Waals surface area (Å²) in [6.07, 6.45) is 1.91. The quantitative estimate of drug-likeness (QED) is 0.587. The lowest BCUT2D eigenvalue weighted by molar-refractivity contribution is -0.139. The lowest BCUT2D eigenvalue weighted by Gasteiger charge is -2.38. The van der Waals surface area contributed by atoms with Gasteiger partial charge in [0, 0.05) is 12.2 Å². The van der Waals surface area contributed by atoms with Gasteiger partial charge in [-0.25, -0.2) is 9.79 Å². The molecule has 0 radical (unpaired) electrons. The van der Waals surface area contributed by atoms with E-state index in [1.807, 2.05) is 24.3 Å². The number of hydrogen-bond donors (Lipinski definition) is 0. The van der Waals surface area contributed by atoms with Gasteiger partial charge in [-0.3, -0.25) is 9.69 Å². The molecule has 1 aromatic rings. The number of fused-ring (bicyclic) bond motifs is 1. The standard InChI is InChI=1S/C19H20N2O4S/c1-4-9-25-18(23)16-12(2)20-19-21(15(22)8-10-26-19)17(16)13-6-5-7-14(11-13)24-3/h4-7,11,17H,1,8-10H2,2-3H3. The fourth-order valence-corrected chi connectivity index (χ4v) is 4.00. The van der Waals surface area contributed by atoms with Gasteiger partial charge in [-0.05, 0) is 24.6 Å². The Morgan fingerprint density at radius 2 is 2.31 bits per heavy atom. The lowest BCUT2D eigenvalue weighted by atomic mass is 9.94. The highest BCUT2D eigenvalue weighted by molar-refractivity contribution is 8.14. The molecule has 0 aliphatic carbocycles. The zero-order valence-electron chi connectivity index (χ0n) is 14.7. The summed E-state index contributed by atoms with van der Waals surface area (Å²) in [6, 6.07) is 6.77. The van der Waals surface area contributed by atoms with Crippen molar-refractivity contribution in [2.24, 2.45) is 4.99 Å². The van der Waals surface area contributed by atoms with Crippen LogP contribution in [0, 0.1) is 0 Å². The Kier molecular flexibility index (Phi) is 5.46. The molecule has 0 N–H and O–H groups in total. The normalized spacial score (nSPS) is 19.6. The number of esters is 1. The molecule has 7 heteroatoms. The SMILES string of the molecule is C=CCOC(=O)C1=C(C)N=C2SCCC(=O)N2C1c1cccc(OC)c1. The van der Waals surface area contributed by atoms with Gasteiger partial charge in [0.25, 0.3) is 0 Å². The van der Waals surface area contributed by atoms with Crippen molar-refractivity contribution in [2.75, 3.05) is 19.5 Å². The summed E-state index contributed by atoms with van der Waals surface area (Å²) < 4.78 is 10.6. The molecule has 2 heterocycles. The van der Waals surface area contributed by atoms with Crippen molar-refractivity contribution in [3.63, 3.8) is 0 Å². The number of carbonyl (C=O) groups is 2. The summed E-state index contributed by atoms with van der Waals surface area (Å²) in [5, 5.41) is 0.617. The van der Waals surface area contributed by atoms with Crippen LogP contribution in [-0.4, -0.2) is 41.4 Å². The summed E-state index contributed by atoms with van der Waals surface area (Å²) in [4.78, 5) is 31.5. The van der Waals surface area contributed by atoms with Crippen LogP contribution < -0.4 is 4.74 Å². The maximum atomic E-state index is 12.7. The van der Waals surface area contributed by atoms with Crippen LogP contribution in [0.2, 0.25) is 0 Å². The minimum Gasteiger partial charge on any atom is -0.497 e. The molecule has 1 amide bonds.